The fourth-order valence-corrected chi connectivity index (χ4v) is 1.62. The third kappa shape index (κ3) is 11.4. The number of methoxy groups -OCH3 is 1. The Hall–Kier alpha value is -1.79. The van der Waals surface area contributed by atoms with Crippen molar-refractivity contribution in [2.45, 2.75) is 78.0 Å². The van der Waals surface area contributed by atoms with Crippen molar-refractivity contribution in [2.75, 3.05) is 7.11 Å². The smallest absolute Gasteiger partial charge is 0.408 e. The fraction of sp³-hybridized carbons (Fsp3) is 0.812. The maximum atomic E-state index is 12.2. The highest BCUT2D eigenvalue weighted by Gasteiger charge is 2.28. The number of hydrogen-bond acceptors (Lipinski definition) is 6. The van der Waals surface area contributed by atoms with Gasteiger partial charge in [0.05, 0.1) is 7.11 Å². The molecule has 0 bridgehead atoms. The van der Waals surface area contributed by atoms with E-state index in [1.54, 1.807) is 41.5 Å². The Kier molecular flexibility index (Phi) is 8.06. The first-order valence-electron chi connectivity index (χ1n) is 7.63. The molecule has 7 heteroatoms. The van der Waals surface area contributed by atoms with Gasteiger partial charge in [0.1, 0.15) is 17.2 Å². The van der Waals surface area contributed by atoms with Gasteiger partial charge in [-0.1, -0.05) is 0 Å². The Bertz CT molecular complexity index is 419. The highest BCUT2D eigenvalue weighted by molar-refractivity contribution is 5.81. The van der Waals surface area contributed by atoms with Crippen LogP contribution < -0.4 is 5.32 Å². The first kappa shape index (κ1) is 21.2. The average Bonchev–Trinajstić information content (AvgIpc) is 2.32. The summed E-state index contributed by atoms with van der Waals surface area (Å²) in [5.41, 5.74) is -1.35. The summed E-state index contributed by atoms with van der Waals surface area (Å²) in [7, 11) is 1.30. The number of ether oxygens (including phenoxy) is 3. The Morgan fingerprint density at radius 3 is 1.91 bits per heavy atom. The molecule has 1 N–H and O–H groups in total. The number of rotatable bonds is 6. The van der Waals surface area contributed by atoms with E-state index in [4.69, 9.17) is 9.47 Å². The van der Waals surface area contributed by atoms with Crippen LogP contribution in [-0.2, 0) is 23.8 Å². The molecule has 0 radical (unpaired) electrons. The predicted octanol–water partition coefficient (Wildman–Crippen LogP) is 2.56. The van der Waals surface area contributed by atoms with E-state index in [1.165, 1.54) is 7.11 Å². The van der Waals surface area contributed by atoms with Crippen molar-refractivity contribution in [1.82, 2.24) is 5.32 Å². The molecule has 0 rings (SSSR count). The zero-order valence-corrected chi connectivity index (χ0v) is 15.1. The molecule has 0 aliphatic rings. The van der Waals surface area contributed by atoms with Crippen molar-refractivity contribution in [3.05, 3.63) is 0 Å². The Balaban J connectivity index is 4.75. The van der Waals surface area contributed by atoms with E-state index in [-0.39, 0.29) is 18.8 Å². The van der Waals surface area contributed by atoms with Gasteiger partial charge in [0.25, 0.3) is 0 Å². The molecule has 0 aliphatic carbocycles. The van der Waals surface area contributed by atoms with Gasteiger partial charge >= 0.3 is 18.0 Å². The van der Waals surface area contributed by atoms with Gasteiger partial charge in [-0.3, -0.25) is 4.79 Å². The number of alkyl carbamates (subject to hydrolysis) is 1. The van der Waals surface area contributed by atoms with Crippen LogP contribution in [0.25, 0.3) is 0 Å². The first-order chi connectivity index (χ1) is 10.3. The molecule has 0 unspecified atom stereocenters. The summed E-state index contributed by atoms with van der Waals surface area (Å²) in [6.45, 7) is 10.4. The highest BCUT2D eigenvalue weighted by atomic mass is 16.6. The average molecular weight is 331 g/mol. The quantitative estimate of drug-likeness (QED) is 0.594. The standard InChI is InChI=1S/C16H29NO6/c1-15(2,3)22-13(19)11(9-8-10-12(18)21-7)17-14(20)23-16(4,5)6/h11H,8-10H2,1-7H3,(H,17,20)/t11-/m1/s1. The van der Waals surface area contributed by atoms with Crippen LogP contribution >= 0.6 is 0 Å². The molecule has 0 aromatic rings. The zero-order chi connectivity index (χ0) is 18.3. The second kappa shape index (κ2) is 8.74. The number of esters is 2. The van der Waals surface area contributed by atoms with E-state index < -0.39 is 29.3 Å². The van der Waals surface area contributed by atoms with Gasteiger partial charge in [-0.15, -0.1) is 0 Å². The molecule has 0 aromatic heterocycles. The summed E-state index contributed by atoms with van der Waals surface area (Å²) in [6, 6.07) is -0.881. The van der Waals surface area contributed by atoms with E-state index in [2.05, 4.69) is 10.1 Å². The number of carbonyl (C=O) groups is 3. The van der Waals surface area contributed by atoms with Crippen molar-refractivity contribution >= 4 is 18.0 Å². The lowest BCUT2D eigenvalue weighted by molar-refractivity contribution is -0.158. The second-order valence-corrected chi connectivity index (χ2v) is 7.20. The topological polar surface area (TPSA) is 90.9 Å². The van der Waals surface area contributed by atoms with Gasteiger partial charge in [-0.25, -0.2) is 9.59 Å². The van der Waals surface area contributed by atoms with Crippen LogP contribution in [0.1, 0.15) is 60.8 Å². The summed E-state index contributed by atoms with van der Waals surface area (Å²) in [4.78, 5) is 35.2. The van der Waals surface area contributed by atoms with Crippen LogP contribution in [0.5, 0.6) is 0 Å². The molecule has 0 aliphatic heterocycles. The van der Waals surface area contributed by atoms with Crippen LogP contribution in [-0.4, -0.2) is 42.4 Å². The van der Waals surface area contributed by atoms with E-state index in [0.29, 0.717) is 6.42 Å². The van der Waals surface area contributed by atoms with Crippen molar-refractivity contribution in [2.24, 2.45) is 0 Å². The summed E-state index contributed by atoms with van der Waals surface area (Å²) in [5, 5.41) is 2.50. The Morgan fingerprint density at radius 1 is 0.957 bits per heavy atom. The van der Waals surface area contributed by atoms with Crippen LogP contribution in [0.4, 0.5) is 4.79 Å². The predicted molar refractivity (Wildman–Crippen MR) is 84.9 cm³/mol. The van der Waals surface area contributed by atoms with Crippen LogP contribution in [0.3, 0.4) is 0 Å². The monoisotopic (exact) mass is 331 g/mol. The minimum Gasteiger partial charge on any atom is -0.469 e. The molecule has 1 atom stereocenters. The number of carbonyl (C=O) groups excluding carboxylic acids is 3. The SMILES string of the molecule is COC(=O)CCC[C@@H](NC(=O)OC(C)(C)C)C(=O)OC(C)(C)C. The van der Waals surface area contributed by atoms with Crippen molar-refractivity contribution in [3.8, 4) is 0 Å². The lowest BCUT2D eigenvalue weighted by atomic mass is 10.1. The number of nitrogens with one attached hydrogen (secondary N) is 1. The van der Waals surface area contributed by atoms with E-state index in [1.807, 2.05) is 0 Å². The second-order valence-electron chi connectivity index (χ2n) is 7.20. The van der Waals surface area contributed by atoms with Gasteiger partial charge in [0.2, 0.25) is 0 Å². The molecule has 0 fully saturated rings. The summed E-state index contributed by atoms with van der Waals surface area (Å²) in [6.07, 6.45) is 0.0907. The first-order valence-corrected chi connectivity index (χ1v) is 7.63. The van der Waals surface area contributed by atoms with Crippen molar-refractivity contribution < 1.29 is 28.6 Å². The minimum absolute atomic E-state index is 0.159. The number of hydrogen-bond donors (Lipinski definition) is 1. The van der Waals surface area contributed by atoms with Crippen LogP contribution in [0, 0.1) is 0 Å². The molecular weight excluding hydrogens is 302 g/mol. The normalized spacial score (nSPS) is 13.0. The molecule has 0 saturated carbocycles. The van der Waals surface area contributed by atoms with E-state index in [9.17, 15) is 14.4 Å². The van der Waals surface area contributed by atoms with E-state index >= 15 is 0 Å². The third-order valence-electron chi connectivity index (χ3n) is 2.48. The van der Waals surface area contributed by atoms with Crippen molar-refractivity contribution in [3.63, 3.8) is 0 Å². The maximum Gasteiger partial charge on any atom is 0.408 e. The zero-order valence-electron chi connectivity index (χ0n) is 15.1. The molecule has 7 nitrogen and oxygen atoms in total. The van der Waals surface area contributed by atoms with Crippen LogP contribution in [0.15, 0.2) is 0 Å². The molecule has 23 heavy (non-hydrogen) atoms. The molecule has 0 heterocycles. The summed E-state index contributed by atoms with van der Waals surface area (Å²) < 4.78 is 15.0. The maximum absolute atomic E-state index is 12.2. The Labute approximate surface area is 138 Å². The molecule has 0 saturated heterocycles. The summed E-state index contributed by atoms with van der Waals surface area (Å²) >= 11 is 0. The summed E-state index contributed by atoms with van der Waals surface area (Å²) in [5.74, 6) is -0.932. The largest absolute Gasteiger partial charge is 0.469 e. The molecule has 0 spiro atoms. The molecule has 0 aromatic carbocycles. The fourth-order valence-electron chi connectivity index (χ4n) is 1.62. The van der Waals surface area contributed by atoms with E-state index in [0.717, 1.165) is 0 Å². The minimum atomic E-state index is -0.881. The van der Waals surface area contributed by atoms with Gasteiger partial charge < -0.3 is 19.5 Å². The van der Waals surface area contributed by atoms with Crippen LogP contribution in [0.2, 0.25) is 0 Å². The lowest BCUT2D eigenvalue weighted by Gasteiger charge is -2.26. The number of amides is 1. The van der Waals surface area contributed by atoms with Crippen molar-refractivity contribution in [1.29, 1.82) is 0 Å². The third-order valence-corrected chi connectivity index (χ3v) is 2.48. The molecular formula is C16H29NO6. The Morgan fingerprint density at radius 2 is 1.48 bits per heavy atom. The molecule has 134 valence electrons. The van der Waals surface area contributed by atoms with Gasteiger partial charge in [0.15, 0.2) is 0 Å². The highest BCUT2D eigenvalue weighted by Crippen LogP contribution is 2.13. The van der Waals surface area contributed by atoms with Gasteiger partial charge in [-0.05, 0) is 54.4 Å². The lowest BCUT2D eigenvalue weighted by Crippen LogP contribution is -2.46. The van der Waals surface area contributed by atoms with Gasteiger partial charge in [-0.2, -0.15) is 0 Å². The van der Waals surface area contributed by atoms with Gasteiger partial charge in [0, 0.05) is 6.42 Å². The molecule has 1 amide bonds.